The average molecular weight is 342 g/mol. The maximum atomic E-state index is 12.3. The first-order valence-electron chi connectivity index (χ1n) is 8.33. The van der Waals surface area contributed by atoms with Gasteiger partial charge >= 0.3 is 5.97 Å². The molecule has 2 heterocycles. The van der Waals surface area contributed by atoms with Crippen molar-refractivity contribution in [1.29, 1.82) is 0 Å². The third kappa shape index (κ3) is 4.45. The van der Waals surface area contributed by atoms with Gasteiger partial charge in [-0.15, -0.1) is 0 Å². The highest BCUT2D eigenvalue weighted by atomic mass is 16.4. The summed E-state index contributed by atoms with van der Waals surface area (Å²) in [5.41, 5.74) is 2.29. The van der Waals surface area contributed by atoms with Crippen LogP contribution in [0.2, 0.25) is 0 Å². The Balaban J connectivity index is 1.57. The van der Waals surface area contributed by atoms with Gasteiger partial charge in [0.1, 0.15) is 5.82 Å². The van der Waals surface area contributed by atoms with E-state index in [2.05, 4.69) is 16.5 Å². The smallest absolute Gasteiger partial charge is 0.307 e. The number of anilines is 1. The van der Waals surface area contributed by atoms with Gasteiger partial charge in [-0.25, -0.2) is 4.68 Å². The van der Waals surface area contributed by atoms with Crippen LogP contribution in [-0.2, 0) is 16.1 Å². The van der Waals surface area contributed by atoms with Crippen molar-refractivity contribution in [1.82, 2.24) is 14.7 Å². The molecule has 1 aromatic carbocycles. The molecule has 0 spiro atoms. The van der Waals surface area contributed by atoms with E-state index in [4.69, 9.17) is 5.11 Å². The fourth-order valence-electron chi connectivity index (χ4n) is 3.11. The number of carbonyl (C=O) groups is 2. The van der Waals surface area contributed by atoms with Crippen molar-refractivity contribution in [3.63, 3.8) is 0 Å². The zero-order valence-electron chi connectivity index (χ0n) is 14.2. The lowest BCUT2D eigenvalue weighted by Gasteiger charge is -2.15. The Morgan fingerprint density at radius 1 is 1.36 bits per heavy atom. The van der Waals surface area contributed by atoms with E-state index in [-0.39, 0.29) is 18.4 Å². The Bertz CT molecular complexity index is 771. The van der Waals surface area contributed by atoms with Crippen LogP contribution in [0, 0.1) is 12.8 Å². The van der Waals surface area contributed by atoms with E-state index in [1.54, 1.807) is 16.9 Å². The summed E-state index contributed by atoms with van der Waals surface area (Å²) in [6.07, 6.45) is 2.25. The second-order valence-electron chi connectivity index (χ2n) is 6.47. The molecular formula is C18H22N4O3. The quantitative estimate of drug-likeness (QED) is 0.832. The van der Waals surface area contributed by atoms with Crippen molar-refractivity contribution in [3.05, 3.63) is 47.7 Å². The summed E-state index contributed by atoms with van der Waals surface area (Å²) >= 11 is 0. The lowest BCUT2D eigenvalue weighted by molar-refractivity contribution is -0.141. The van der Waals surface area contributed by atoms with Crippen LogP contribution in [0.1, 0.15) is 17.5 Å². The second-order valence-corrected chi connectivity index (χ2v) is 6.47. The van der Waals surface area contributed by atoms with Gasteiger partial charge in [-0.3, -0.25) is 14.5 Å². The Labute approximate surface area is 146 Å². The molecule has 1 atom stereocenters. The Kier molecular flexibility index (Phi) is 5.14. The zero-order valence-corrected chi connectivity index (χ0v) is 14.2. The molecule has 1 aromatic heterocycles. The van der Waals surface area contributed by atoms with Gasteiger partial charge in [-0.1, -0.05) is 29.8 Å². The van der Waals surface area contributed by atoms with Crippen LogP contribution in [0.25, 0.3) is 0 Å². The fraction of sp³-hybridized carbons (Fsp3) is 0.389. The zero-order chi connectivity index (χ0) is 17.8. The van der Waals surface area contributed by atoms with Crippen LogP contribution in [-0.4, -0.2) is 51.3 Å². The van der Waals surface area contributed by atoms with Gasteiger partial charge < -0.3 is 10.4 Å². The summed E-state index contributed by atoms with van der Waals surface area (Å²) in [6, 6.07) is 9.91. The average Bonchev–Trinajstić information content (AvgIpc) is 3.17. The van der Waals surface area contributed by atoms with Crippen LogP contribution in [0.3, 0.4) is 0 Å². The molecule has 1 unspecified atom stereocenters. The monoisotopic (exact) mass is 342 g/mol. The first-order chi connectivity index (χ1) is 12.0. The van der Waals surface area contributed by atoms with Gasteiger partial charge in [0.2, 0.25) is 5.91 Å². The van der Waals surface area contributed by atoms with Crippen molar-refractivity contribution in [2.24, 2.45) is 5.92 Å². The normalized spacial score (nSPS) is 17.6. The second kappa shape index (κ2) is 7.48. The van der Waals surface area contributed by atoms with E-state index in [0.717, 1.165) is 5.56 Å². The Hall–Kier alpha value is -2.67. The van der Waals surface area contributed by atoms with Crippen LogP contribution < -0.4 is 5.32 Å². The largest absolute Gasteiger partial charge is 0.481 e. The van der Waals surface area contributed by atoms with Crippen LogP contribution in [0.15, 0.2) is 36.5 Å². The SMILES string of the molecule is Cc1cccc(Cn2nccc2NC(=O)CN2CCC(C(=O)O)C2)c1. The van der Waals surface area contributed by atoms with Gasteiger partial charge in [0.25, 0.3) is 0 Å². The molecule has 0 bridgehead atoms. The maximum absolute atomic E-state index is 12.3. The summed E-state index contributed by atoms with van der Waals surface area (Å²) < 4.78 is 1.75. The molecule has 1 aliphatic rings. The van der Waals surface area contributed by atoms with Crippen LogP contribution >= 0.6 is 0 Å². The molecule has 0 aliphatic carbocycles. The summed E-state index contributed by atoms with van der Waals surface area (Å²) in [7, 11) is 0. The number of rotatable bonds is 6. The van der Waals surface area contributed by atoms with E-state index in [9.17, 15) is 9.59 Å². The Morgan fingerprint density at radius 3 is 2.92 bits per heavy atom. The summed E-state index contributed by atoms with van der Waals surface area (Å²) in [5, 5.41) is 16.2. The fourth-order valence-corrected chi connectivity index (χ4v) is 3.11. The molecule has 0 radical (unpaired) electrons. The van der Waals surface area contributed by atoms with Gasteiger partial charge in [-0.2, -0.15) is 5.10 Å². The standard InChI is InChI=1S/C18H22N4O3/c1-13-3-2-4-14(9-13)10-22-16(5-7-19-22)20-17(23)12-21-8-6-15(11-21)18(24)25/h2-5,7,9,15H,6,8,10-12H2,1H3,(H,20,23)(H,24,25). The van der Waals surface area contributed by atoms with Crippen molar-refractivity contribution in [3.8, 4) is 0 Å². The third-order valence-electron chi connectivity index (χ3n) is 4.39. The molecule has 25 heavy (non-hydrogen) atoms. The van der Waals surface area contributed by atoms with Gasteiger partial charge in [0.15, 0.2) is 0 Å². The number of nitrogens with one attached hydrogen (secondary N) is 1. The number of carboxylic acids is 1. The molecule has 2 aromatic rings. The number of aryl methyl sites for hydroxylation is 1. The number of carbonyl (C=O) groups excluding carboxylic acids is 1. The van der Waals surface area contributed by atoms with Crippen molar-refractivity contribution < 1.29 is 14.7 Å². The van der Waals surface area contributed by atoms with Crippen LogP contribution in [0.4, 0.5) is 5.82 Å². The van der Waals surface area contributed by atoms with Crippen molar-refractivity contribution >= 4 is 17.7 Å². The number of aromatic nitrogens is 2. The molecule has 7 nitrogen and oxygen atoms in total. The summed E-state index contributed by atoms with van der Waals surface area (Å²) in [5.74, 6) is -0.684. The minimum absolute atomic E-state index is 0.156. The molecule has 1 saturated heterocycles. The molecule has 2 N–H and O–H groups in total. The van der Waals surface area contributed by atoms with E-state index in [0.29, 0.717) is 31.9 Å². The molecule has 3 rings (SSSR count). The molecule has 132 valence electrons. The molecule has 7 heteroatoms. The third-order valence-corrected chi connectivity index (χ3v) is 4.39. The molecule has 1 aliphatic heterocycles. The van der Waals surface area contributed by atoms with Gasteiger partial charge in [-0.05, 0) is 25.5 Å². The topological polar surface area (TPSA) is 87.5 Å². The van der Waals surface area contributed by atoms with Gasteiger partial charge in [0.05, 0.1) is 25.2 Å². The minimum Gasteiger partial charge on any atom is -0.481 e. The van der Waals surface area contributed by atoms with Crippen molar-refractivity contribution in [2.45, 2.75) is 19.9 Å². The highest BCUT2D eigenvalue weighted by Crippen LogP contribution is 2.16. The summed E-state index contributed by atoms with van der Waals surface area (Å²) in [6.45, 7) is 3.86. The number of hydrogen-bond donors (Lipinski definition) is 2. The van der Waals surface area contributed by atoms with E-state index in [1.165, 1.54) is 5.56 Å². The number of carboxylic acid groups (broad SMARTS) is 1. The van der Waals surface area contributed by atoms with Crippen LogP contribution in [0.5, 0.6) is 0 Å². The number of nitrogens with zero attached hydrogens (tertiary/aromatic N) is 3. The lowest BCUT2D eigenvalue weighted by atomic mass is 10.1. The number of amides is 1. The number of likely N-dealkylation sites (tertiary alicyclic amines) is 1. The molecule has 0 saturated carbocycles. The molecule has 1 fully saturated rings. The Morgan fingerprint density at radius 2 is 2.20 bits per heavy atom. The van der Waals surface area contributed by atoms with Gasteiger partial charge in [0, 0.05) is 12.6 Å². The maximum Gasteiger partial charge on any atom is 0.307 e. The predicted octanol–water partition coefficient (Wildman–Crippen LogP) is 1.58. The molecule has 1 amide bonds. The van der Waals surface area contributed by atoms with E-state index < -0.39 is 5.97 Å². The number of hydrogen-bond acceptors (Lipinski definition) is 4. The highest BCUT2D eigenvalue weighted by Gasteiger charge is 2.29. The lowest BCUT2D eigenvalue weighted by Crippen LogP contribution is -2.33. The van der Waals surface area contributed by atoms with E-state index in [1.807, 2.05) is 30.0 Å². The summed E-state index contributed by atoms with van der Waals surface area (Å²) in [4.78, 5) is 25.1. The minimum atomic E-state index is -0.792. The first-order valence-corrected chi connectivity index (χ1v) is 8.33. The molecular weight excluding hydrogens is 320 g/mol. The number of aliphatic carboxylic acids is 1. The first kappa shape index (κ1) is 17.2. The highest BCUT2D eigenvalue weighted by molar-refractivity contribution is 5.91. The van der Waals surface area contributed by atoms with Crippen molar-refractivity contribution in [2.75, 3.05) is 25.0 Å². The predicted molar refractivity (Wildman–Crippen MR) is 93.3 cm³/mol. The van der Waals surface area contributed by atoms with E-state index >= 15 is 0 Å². The number of benzene rings is 1.